The lowest BCUT2D eigenvalue weighted by Gasteiger charge is -2.11. The summed E-state index contributed by atoms with van der Waals surface area (Å²) in [6, 6.07) is 9.45. The lowest BCUT2D eigenvalue weighted by Crippen LogP contribution is -1.91. The van der Waals surface area contributed by atoms with Gasteiger partial charge in [0.1, 0.15) is 5.82 Å². The van der Waals surface area contributed by atoms with E-state index in [2.05, 4.69) is 9.97 Å². The maximum Gasteiger partial charge on any atom is 0.134 e. The van der Waals surface area contributed by atoms with Gasteiger partial charge in [0.05, 0.1) is 17.4 Å². The summed E-state index contributed by atoms with van der Waals surface area (Å²) in [5.41, 5.74) is 3.87. The standard InChI is InChI=1S/C15H13FN2S/c1-9-4-3-5-10(14(9)16)13-12(19-2)7-6-11-15(13)18-8-17-11/h3-8H,1-2H3,(H,17,18). The van der Waals surface area contributed by atoms with Crippen LogP contribution in [0.25, 0.3) is 22.2 Å². The summed E-state index contributed by atoms with van der Waals surface area (Å²) in [4.78, 5) is 8.44. The topological polar surface area (TPSA) is 28.7 Å². The fourth-order valence-corrected chi connectivity index (χ4v) is 2.88. The Morgan fingerprint density at radius 3 is 2.84 bits per heavy atom. The van der Waals surface area contributed by atoms with Gasteiger partial charge in [0.25, 0.3) is 0 Å². The van der Waals surface area contributed by atoms with Gasteiger partial charge in [0, 0.05) is 16.0 Å². The number of H-pyrrole nitrogens is 1. The van der Waals surface area contributed by atoms with Crippen LogP contribution in [0.5, 0.6) is 0 Å². The third kappa shape index (κ3) is 1.92. The van der Waals surface area contributed by atoms with Gasteiger partial charge in [-0.3, -0.25) is 0 Å². The fourth-order valence-electron chi connectivity index (χ4n) is 2.26. The van der Waals surface area contributed by atoms with Crippen molar-refractivity contribution in [3.05, 3.63) is 48.0 Å². The first-order valence-corrected chi connectivity index (χ1v) is 7.20. The van der Waals surface area contributed by atoms with Crippen molar-refractivity contribution < 1.29 is 4.39 Å². The fraction of sp³-hybridized carbons (Fsp3) is 0.133. The third-order valence-corrected chi connectivity index (χ3v) is 4.01. The zero-order chi connectivity index (χ0) is 13.4. The molecule has 0 aliphatic rings. The number of rotatable bonds is 2. The highest BCUT2D eigenvalue weighted by atomic mass is 32.2. The Balaban J connectivity index is 2.40. The number of hydrogen-bond donors (Lipinski definition) is 1. The van der Waals surface area contributed by atoms with Crippen molar-refractivity contribution in [3.63, 3.8) is 0 Å². The Hall–Kier alpha value is -1.81. The van der Waals surface area contributed by atoms with E-state index in [-0.39, 0.29) is 5.82 Å². The van der Waals surface area contributed by atoms with E-state index in [4.69, 9.17) is 0 Å². The second-order valence-electron chi connectivity index (χ2n) is 4.38. The normalized spacial score (nSPS) is 11.1. The number of nitrogens with one attached hydrogen (secondary N) is 1. The van der Waals surface area contributed by atoms with Crippen LogP contribution in [0, 0.1) is 12.7 Å². The van der Waals surface area contributed by atoms with Crippen molar-refractivity contribution in [3.8, 4) is 11.1 Å². The van der Waals surface area contributed by atoms with Crippen molar-refractivity contribution in [2.45, 2.75) is 11.8 Å². The van der Waals surface area contributed by atoms with Gasteiger partial charge in [-0.05, 0) is 30.9 Å². The molecule has 1 aromatic heterocycles. The van der Waals surface area contributed by atoms with Crippen molar-refractivity contribution in [1.29, 1.82) is 0 Å². The summed E-state index contributed by atoms with van der Waals surface area (Å²) in [7, 11) is 0. The third-order valence-electron chi connectivity index (χ3n) is 3.23. The van der Waals surface area contributed by atoms with Crippen molar-refractivity contribution in [1.82, 2.24) is 9.97 Å². The van der Waals surface area contributed by atoms with Crippen molar-refractivity contribution in [2.75, 3.05) is 6.26 Å². The maximum atomic E-state index is 14.4. The van der Waals surface area contributed by atoms with Gasteiger partial charge in [-0.2, -0.15) is 0 Å². The molecule has 4 heteroatoms. The molecule has 0 aliphatic carbocycles. The zero-order valence-electron chi connectivity index (χ0n) is 10.7. The van der Waals surface area contributed by atoms with Gasteiger partial charge in [-0.25, -0.2) is 9.37 Å². The van der Waals surface area contributed by atoms with E-state index in [1.54, 1.807) is 31.1 Å². The monoisotopic (exact) mass is 272 g/mol. The molecule has 0 aliphatic heterocycles. The van der Waals surface area contributed by atoms with Gasteiger partial charge in [-0.15, -0.1) is 11.8 Å². The van der Waals surface area contributed by atoms with Crippen LogP contribution < -0.4 is 0 Å². The Labute approximate surface area is 115 Å². The molecule has 0 amide bonds. The summed E-state index contributed by atoms with van der Waals surface area (Å²) in [6.45, 7) is 1.78. The number of halogens is 1. The van der Waals surface area contributed by atoms with E-state index in [1.807, 2.05) is 30.5 Å². The number of benzene rings is 2. The Bertz CT molecular complexity index is 749. The van der Waals surface area contributed by atoms with Crippen LogP contribution in [0.2, 0.25) is 0 Å². The second kappa shape index (κ2) is 4.70. The summed E-state index contributed by atoms with van der Waals surface area (Å²) in [5, 5.41) is 0. The molecule has 0 unspecified atom stereocenters. The van der Waals surface area contributed by atoms with Crippen molar-refractivity contribution >= 4 is 22.8 Å². The first-order chi connectivity index (χ1) is 9.22. The van der Waals surface area contributed by atoms with Crippen LogP contribution in [0.1, 0.15) is 5.56 Å². The predicted molar refractivity (Wildman–Crippen MR) is 78.0 cm³/mol. The van der Waals surface area contributed by atoms with Crippen LogP contribution in [-0.4, -0.2) is 16.2 Å². The van der Waals surface area contributed by atoms with Crippen LogP contribution in [0.3, 0.4) is 0 Å². The van der Waals surface area contributed by atoms with Crippen LogP contribution >= 0.6 is 11.8 Å². The van der Waals surface area contributed by atoms with Crippen molar-refractivity contribution in [2.24, 2.45) is 0 Å². The molecule has 0 spiro atoms. The number of nitrogens with zero attached hydrogens (tertiary/aromatic N) is 1. The molecule has 96 valence electrons. The Morgan fingerprint density at radius 2 is 2.05 bits per heavy atom. The van der Waals surface area contributed by atoms with Gasteiger partial charge in [0.15, 0.2) is 0 Å². The number of thioether (sulfide) groups is 1. The molecule has 0 saturated carbocycles. The predicted octanol–water partition coefficient (Wildman–Crippen LogP) is 4.40. The number of aryl methyl sites for hydroxylation is 1. The highest BCUT2D eigenvalue weighted by Crippen LogP contribution is 2.37. The highest BCUT2D eigenvalue weighted by molar-refractivity contribution is 7.98. The minimum Gasteiger partial charge on any atom is -0.345 e. The molecule has 3 rings (SSSR count). The Kier molecular flexibility index (Phi) is 3.03. The molecule has 0 radical (unpaired) electrons. The second-order valence-corrected chi connectivity index (χ2v) is 5.23. The van der Waals surface area contributed by atoms with Crippen LogP contribution in [0.4, 0.5) is 4.39 Å². The first kappa shape index (κ1) is 12.2. The van der Waals surface area contributed by atoms with Crippen LogP contribution in [0.15, 0.2) is 41.6 Å². The largest absolute Gasteiger partial charge is 0.345 e. The molecule has 19 heavy (non-hydrogen) atoms. The highest BCUT2D eigenvalue weighted by Gasteiger charge is 2.15. The van der Waals surface area contributed by atoms with E-state index in [0.717, 1.165) is 21.5 Å². The van der Waals surface area contributed by atoms with E-state index >= 15 is 0 Å². The van der Waals surface area contributed by atoms with E-state index in [0.29, 0.717) is 11.1 Å². The number of aromatic nitrogens is 2. The molecule has 3 aromatic rings. The Morgan fingerprint density at radius 1 is 1.21 bits per heavy atom. The molecule has 1 N–H and O–H groups in total. The van der Waals surface area contributed by atoms with Gasteiger partial charge < -0.3 is 4.98 Å². The zero-order valence-corrected chi connectivity index (χ0v) is 11.5. The molecule has 0 fully saturated rings. The summed E-state index contributed by atoms with van der Waals surface area (Å²) < 4.78 is 14.4. The minimum absolute atomic E-state index is 0.173. The molecule has 2 aromatic carbocycles. The SMILES string of the molecule is CSc1ccc2[nH]cnc2c1-c1cccc(C)c1F. The quantitative estimate of drug-likeness (QED) is 0.700. The number of hydrogen-bond acceptors (Lipinski definition) is 2. The van der Waals surface area contributed by atoms with Gasteiger partial charge in [0.2, 0.25) is 0 Å². The van der Waals surface area contributed by atoms with Crippen LogP contribution in [-0.2, 0) is 0 Å². The molecule has 0 saturated heterocycles. The lowest BCUT2D eigenvalue weighted by atomic mass is 10.0. The lowest BCUT2D eigenvalue weighted by molar-refractivity contribution is 0.622. The van der Waals surface area contributed by atoms with E-state index in [9.17, 15) is 4.39 Å². The summed E-state index contributed by atoms with van der Waals surface area (Å²) in [5.74, 6) is -0.173. The number of fused-ring (bicyclic) bond motifs is 1. The average Bonchev–Trinajstić information content (AvgIpc) is 2.89. The number of imidazole rings is 1. The minimum atomic E-state index is -0.173. The van der Waals surface area contributed by atoms with E-state index < -0.39 is 0 Å². The average molecular weight is 272 g/mol. The smallest absolute Gasteiger partial charge is 0.134 e. The molecular formula is C15H13FN2S. The molecule has 0 bridgehead atoms. The van der Waals surface area contributed by atoms with Gasteiger partial charge in [-0.1, -0.05) is 18.2 Å². The summed E-state index contributed by atoms with van der Waals surface area (Å²) in [6.07, 6.45) is 3.64. The number of aromatic amines is 1. The molecule has 2 nitrogen and oxygen atoms in total. The van der Waals surface area contributed by atoms with E-state index in [1.165, 1.54) is 0 Å². The molecule has 0 atom stereocenters. The first-order valence-electron chi connectivity index (χ1n) is 5.98. The van der Waals surface area contributed by atoms with Gasteiger partial charge >= 0.3 is 0 Å². The maximum absolute atomic E-state index is 14.4. The molecule has 1 heterocycles. The summed E-state index contributed by atoms with van der Waals surface area (Å²) >= 11 is 1.60. The molecular weight excluding hydrogens is 259 g/mol.